The molecule has 0 bridgehead atoms. The molecule has 0 fully saturated rings. The van der Waals surface area contributed by atoms with Gasteiger partial charge in [0.15, 0.2) is 0 Å². The number of aromatic nitrogens is 2. The van der Waals surface area contributed by atoms with Crippen molar-refractivity contribution in [3.05, 3.63) is 16.9 Å². The van der Waals surface area contributed by atoms with Crippen LogP contribution < -0.4 is 5.32 Å². The molecule has 1 atom stereocenters. The third-order valence-electron chi connectivity index (χ3n) is 2.79. The van der Waals surface area contributed by atoms with E-state index >= 15 is 0 Å². The standard InChI is InChI=1S/C14H26ClN3O/c1-6-8-16-12(10-19-14(3,4)5)13-11(15)9-17-18(13)7-2/h9,12,16H,6-8,10H2,1-5H3. The number of rotatable bonds is 7. The summed E-state index contributed by atoms with van der Waals surface area (Å²) < 4.78 is 7.84. The van der Waals surface area contributed by atoms with Crippen molar-refractivity contribution >= 4 is 11.6 Å². The average molecular weight is 288 g/mol. The van der Waals surface area contributed by atoms with E-state index in [2.05, 4.69) is 45.0 Å². The van der Waals surface area contributed by atoms with Crippen LogP contribution in [-0.4, -0.2) is 28.5 Å². The van der Waals surface area contributed by atoms with Gasteiger partial charge in [0.05, 0.1) is 35.2 Å². The molecule has 0 amide bonds. The molecule has 110 valence electrons. The maximum atomic E-state index is 6.27. The van der Waals surface area contributed by atoms with Crippen molar-refractivity contribution in [2.75, 3.05) is 13.2 Å². The molecule has 0 saturated heterocycles. The monoisotopic (exact) mass is 287 g/mol. The van der Waals surface area contributed by atoms with Crippen molar-refractivity contribution in [2.24, 2.45) is 0 Å². The molecule has 1 aromatic heterocycles. The van der Waals surface area contributed by atoms with Crippen LogP contribution in [0.3, 0.4) is 0 Å². The van der Waals surface area contributed by atoms with Crippen molar-refractivity contribution < 1.29 is 4.74 Å². The highest BCUT2D eigenvalue weighted by molar-refractivity contribution is 6.31. The summed E-state index contributed by atoms with van der Waals surface area (Å²) in [6.45, 7) is 12.7. The van der Waals surface area contributed by atoms with Crippen LogP contribution in [0.25, 0.3) is 0 Å². The van der Waals surface area contributed by atoms with Crippen LogP contribution in [0.2, 0.25) is 5.02 Å². The van der Waals surface area contributed by atoms with Gasteiger partial charge in [0.2, 0.25) is 0 Å². The van der Waals surface area contributed by atoms with E-state index in [0.29, 0.717) is 11.6 Å². The molecule has 0 radical (unpaired) electrons. The summed E-state index contributed by atoms with van der Waals surface area (Å²) in [4.78, 5) is 0. The van der Waals surface area contributed by atoms with Crippen LogP contribution in [0, 0.1) is 0 Å². The van der Waals surface area contributed by atoms with Crippen LogP contribution in [0.1, 0.15) is 52.8 Å². The first-order chi connectivity index (χ1) is 8.89. The Bertz CT molecular complexity index is 385. The summed E-state index contributed by atoms with van der Waals surface area (Å²) in [6, 6.07) is 0.0779. The molecule has 4 nitrogen and oxygen atoms in total. The molecule has 1 heterocycles. The SMILES string of the molecule is CCCNC(COC(C)(C)C)c1c(Cl)cnn1CC. The molecule has 0 aliphatic heterocycles. The Morgan fingerprint density at radius 2 is 2.11 bits per heavy atom. The lowest BCUT2D eigenvalue weighted by Crippen LogP contribution is -2.32. The minimum absolute atomic E-state index is 0.0779. The summed E-state index contributed by atoms with van der Waals surface area (Å²) in [7, 11) is 0. The molecule has 0 aliphatic rings. The predicted octanol–water partition coefficient (Wildman–Crippen LogP) is 3.41. The van der Waals surface area contributed by atoms with Crippen molar-refractivity contribution in [2.45, 2.75) is 59.2 Å². The van der Waals surface area contributed by atoms with E-state index in [1.807, 2.05) is 4.68 Å². The Morgan fingerprint density at radius 1 is 1.42 bits per heavy atom. The molecule has 19 heavy (non-hydrogen) atoms. The lowest BCUT2D eigenvalue weighted by Gasteiger charge is -2.26. The van der Waals surface area contributed by atoms with Gasteiger partial charge in [0.1, 0.15) is 0 Å². The van der Waals surface area contributed by atoms with Crippen molar-refractivity contribution in [1.29, 1.82) is 0 Å². The van der Waals surface area contributed by atoms with Crippen molar-refractivity contribution in [3.63, 3.8) is 0 Å². The Hall–Kier alpha value is -0.580. The fourth-order valence-corrected chi connectivity index (χ4v) is 2.13. The molecule has 1 N–H and O–H groups in total. The van der Waals surface area contributed by atoms with Gasteiger partial charge >= 0.3 is 0 Å². The number of hydrogen-bond acceptors (Lipinski definition) is 3. The summed E-state index contributed by atoms with van der Waals surface area (Å²) in [5.74, 6) is 0. The van der Waals surface area contributed by atoms with Gasteiger partial charge in [-0.3, -0.25) is 4.68 Å². The zero-order valence-electron chi connectivity index (χ0n) is 12.7. The second-order valence-corrected chi connectivity index (χ2v) is 6.03. The van der Waals surface area contributed by atoms with Gasteiger partial charge in [-0.2, -0.15) is 5.10 Å². The number of halogens is 1. The zero-order valence-corrected chi connectivity index (χ0v) is 13.4. The van der Waals surface area contributed by atoms with E-state index in [9.17, 15) is 0 Å². The third-order valence-corrected chi connectivity index (χ3v) is 3.08. The highest BCUT2D eigenvalue weighted by atomic mass is 35.5. The molecule has 1 unspecified atom stereocenters. The summed E-state index contributed by atoms with van der Waals surface area (Å²) >= 11 is 6.27. The van der Waals surface area contributed by atoms with Gasteiger partial charge in [-0.1, -0.05) is 18.5 Å². The van der Waals surface area contributed by atoms with Crippen LogP contribution in [0.15, 0.2) is 6.20 Å². The summed E-state index contributed by atoms with van der Waals surface area (Å²) in [5, 5.41) is 8.49. The average Bonchev–Trinajstić information content (AvgIpc) is 2.70. The Morgan fingerprint density at radius 3 is 2.63 bits per heavy atom. The lowest BCUT2D eigenvalue weighted by atomic mass is 10.1. The summed E-state index contributed by atoms with van der Waals surface area (Å²) in [6.07, 6.45) is 2.78. The van der Waals surface area contributed by atoms with E-state index in [-0.39, 0.29) is 11.6 Å². The number of nitrogens with one attached hydrogen (secondary N) is 1. The smallest absolute Gasteiger partial charge is 0.0835 e. The van der Waals surface area contributed by atoms with Crippen molar-refractivity contribution in [1.82, 2.24) is 15.1 Å². The molecule has 1 aromatic rings. The van der Waals surface area contributed by atoms with E-state index < -0.39 is 0 Å². The first-order valence-electron chi connectivity index (χ1n) is 6.97. The van der Waals surface area contributed by atoms with Crippen LogP contribution in [0.4, 0.5) is 0 Å². The number of aryl methyl sites for hydroxylation is 1. The maximum Gasteiger partial charge on any atom is 0.0835 e. The van der Waals surface area contributed by atoms with Crippen LogP contribution in [0.5, 0.6) is 0 Å². The Labute approximate surface area is 121 Å². The third kappa shape index (κ3) is 5.13. The largest absolute Gasteiger partial charge is 0.374 e. The molecule has 0 aliphatic carbocycles. The highest BCUT2D eigenvalue weighted by Crippen LogP contribution is 2.24. The lowest BCUT2D eigenvalue weighted by molar-refractivity contribution is -0.0157. The minimum Gasteiger partial charge on any atom is -0.374 e. The maximum absolute atomic E-state index is 6.27. The van der Waals surface area contributed by atoms with Gasteiger partial charge in [-0.25, -0.2) is 0 Å². The minimum atomic E-state index is -0.157. The predicted molar refractivity (Wildman–Crippen MR) is 79.7 cm³/mol. The number of nitrogens with zero attached hydrogens (tertiary/aromatic N) is 2. The van der Waals surface area contributed by atoms with Crippen LogP contribution in [-0.2, 0) is 11.3 Å². The Kier molecular flexibility index (Phi) is 6.30. The van der Waals surface area contributed by atoms with E-state index in [1.165, 1.54) is 0 Å². The van der Waals surface area contributed by atoms with Gasteiger partial charge in [-0.05, 0) is 40.7 Å². The normalized spacial score (nSPS) is 13.8. The van der Waals surface area contributed by atoms with Gasteiger partial charge in [0.25, 0.3) is 0 Å². The molecule has 5 heteroatoms. The molecule has 1 rings (SSSR count). The van der Waals surface area contributed by atoms with Gasteiger partial charge in [0, 0.05) is 6.54 Å². The second kappa shape index (κ2) is 7.27. The van der Waals surface area contributed by atoms with Gasteiger partial charge < -0.3 is 10.1 Å². The number of ether oxygens (including phenoxy) is 1. The number of hydrogen-bond donors (Lipinski definition) is 1. The fraction of sp³-hybridized carbons (Fsp3) is 0.786. The topological polar surface area (TPSA) is 39.1 Å². The van der Waals surface area contributed by atoms with E-state index in [1.54, 1.807) is 6.20 Å². The highest BCUT2D eigenvalue weighted by Gasteiger charge is 2.22. The molecule has 0 spiro atoms. The molecular formula is C14H26ClN3O. The zero-order chi connectivity index (χ0) is 14.5. The molecule has 0 saturated carbocycles. The first kappa shape index (κ1) is 16.5. The quantitative estimate of drug-likeness (QED) is 0.835. The van der Waals surface area contributed by atoms with E-state index in [0.717, 1.165) is 25.2 Å². The summed E-state index contributed by atoms with van der Waals surface area (Å²) in [5.41, 5.74) is 0.859. The molecular weight excluding hydrogens is 262 g/mol. The van der Waals surface area contributed by atoms with Crippen LogP contribution >= 0.6 is 11.6 Å². The second-order valence-electron chi connectivity index (χ2n) is 5.62. The Balaban J connectivity index is 2.85. The van der Waals surface area contributed by atoms with E-state index in [4.69, 9.17) is 16.3 Å². The molecule has 0 aromatic carbocycles. The van der Waals surface area contributed by atoms with Gasteiger partial charge in [-0.15, -0.1) is 0 Å². The fourth-order valence-electron chi connectivity index (χ4n) is 1.86. The first-order valence-corrected chi connectivity index (χ1v) is 7.35. The van der Waals surface area contributed by atoms with Crippen molar-refractivity contribution in [3.8, 4) is 0 Å².